The number of likely N-dealkylation sites (tertiary alicyclic amines) is 1. The second kappa shape index (κ2) is 9.63. The van der Waals surface area contributed by atoms with Crippen LogP contribution >= 0.6 is 11.3 Å². The first-order valence-corrected chi connectivity index (χ1v) is 11.0. The quantitative estimate of drug-likeness (QED) is 0.583. The maximum absolute atomic E-state index is 12.4. The molecule has 156 valence electrons. The number of thiophene rings is 1. The fourth-order valence-corrected chi connectivity index (χ4v) is 4.25. The number of piperidine rings is 1. The summed E-state index contributed by atoms with van der Waals surface area (Å²) in [6.45, 7) is 4.19. The lowest BCUT2D eigenvalue weighted by Gasteiger charge is -2.33. The molecular weight excluding hydrogens is 398 g/mol. The summed E-state index contributed by atoms with van der Waals surface area (Å²) < 4.78 is 10.7. The van der Waals surface area contributed by atoms with Gasteiger partial charge in [0.1, 0.15) is 17.7 Å². The van der Waals surface area contributed by atoms with E-state index in [9.17, 15) is 4.79 Å². The first kappa shape index (κ1) is 20.2. The predicted molar refractivity (Wildman–Crippen MR) is 119 cm³/mol. The number of carbonyl (C=O) groups is 1. The van der Waals surface area contributed by atoms with E-state index in [1.165, 1.54) is 23.6 Å². The molecule has 0 spiro atoms. The molecule has 4 rings (SSSR count). The number of amides is 2. The van der Waals surface area contributed by atoms with Gasteiger partial charge in [-0.05, 0) is 52.4 Å². The molecule has 2 aromatic heterocycles. The first-order valence-electron chi connectivity index (χ1n) is 10.1. The smallest absolute Gasteiger partial charge is 0.322 e. The van der Waals surface area contributed by atoms with Crippen LogP contribution in [-0.4, -0.2) is 35.8 Å². The predicted octanol–water partition coefficient (Wildman–Crippen LogP) is 5.31. The van der Waals surface area contributed by atoms with Crippen LogP contribution in [0.2, 0.25) is 0 Å². The Labute approximate surface area is 180 Å². The average Bonchev–Trinajstić information content (AvgIpc) is 3.44. The maximum atomic E-state index is 12.4. The highest BCUT2D eigenvalue weighted by Crippen LogP contribution is 2.26. The summed E-state index contributed by atoms with van der Waals surface area (Å²) in [5, 5.41) is 10.7. The zero-order valence-corrected chi connectivity index (χ0v) is 17.7. The van der Waals surface area contributed by atoms with Crippen LogP contribution in [0.3, 0.4) is 0 Å². The Morgan fingerprint density at radius 1 is 1.43 bits per heavy atom. The van der Waals surface area contributed by atoms with Crippen LogP contribution in [0.4, 0.5) is 10.5 Å². The van der Waals surface area contributed by atoms with Crippen LogP contribution in [0.1, 0.15) is 24.5 Å². The van der Waals surface area contributed by atoms with Crippen molar-refractivity contribution >= 4 is 29.1 Å². The molecule has 0 radical (unpaired) electrons. The van der Waals surface area contributed by atoms with Crippen LogP contribution in [0, 0.1) is 5.92 Å². The van der Waals surface area contributed by atoms with Crippen molar-refractivity contribution in [1.29, 1.82) is 0 Å². The van der Waals surface area contributed by atoms with Crippen molar-refractivity contribution < 1.29 is 14.1 Å². The summed E-state index contributed by atoms with van der Waals surface area (Å²) in [6, 6.07) is 10.2. The van der Waals surface area contributed by atoms with E-state index in [2.05, 4.69) is 52.4 Å². The minimum atomic E-state index is -0.120. The van der Waals surface area contributed by atoms with Crippen molar-refractivity contribution in [3.05, 3.63) is 70.3 Å². The SMILES string of the molecule is CC1CN(C(=O)Nc2cnoc2)CC/C1=C\c1cccc(OCCc2ccsc2)c1. The molecule has 1 unspecified atom stereocenters. The number of ether oxygens (including phenoxy) is 1. The molecule has 3 aromatic rings. The molecule has 0 bridgehead atoms. The van der Waals surface area contributed by atoms with Gasteiger partial charge in [-0.3, -0.25) is 0 Å². The third kappa shape index (κ3) is 5.30. The number of hydrogen-bond acceptors (Lipinski definition) is 5. The molecule has 1 aliphatic heterocycles. The van der Waals surface area contributed by atoms with Crippen LogP contribution in [0.5, 0.6) is 5.75 Å². The topological polar surface area (TPSA) is 67.6 Å². The van der Waals surface area contributed by atoms with Crippen LogP contribution in [-0.2, 0) is 6.42 Å². The van der Waals surface area contributed by atoms with E-state index in [-0.39, 0.29) is 11.9 Å². The van der Waals surface area contributed by atoms with Gasteiger partial charge in [0.25, 0.3) is 0 Å². The van der Waals surface area contributed by atoms with E-state index >= 15 is 0 Å². The Morgan fingerprint density at radius 3 is 3.13 bits per heavy atom. The maximum Gasteiger partial charge on any atom is 0.322 e. The summed E-state index contributed by atoms with van der Waals surface area (Å²) in [4.78, 5) is 14.2. The number of nitrogens with zero attached hydrogens (tertiary/aromatic N) is 2. The normalized spacial score (nSPS) is 17.8. The third-order valence-electron chi connectivity index (χ3n) is 5.22. The van der Waals surface area contributed by atoms with Gasteiger partial charge in [0.2, 0.25) is 0 Å². The van der Waals surface area contributed by atoms with Gasteiger partial charge in [-0.2, -0.15) is 11.3 Å². The first-order chi connectivity index (χ1) is 14.7. The Kier molecular flexibility index (Phi) is 6.49. The van der Waals surface area contributed by atoms with E-state index in [0.29, 0.717) is 25.4 Å². The molecule has 1 saturated heterocycles. The molecule has 3 heterocycles. The number of nitrogens with one attached hydrogen (secondary N) is 1. The van der Waals surface area contributed by atoms with Gasteiger partial charge in [0, 0.05) is 19.5 Å². The average molecular weight is 424 g/mol. The van der Waals surface area contributed by atoms with Gasteiger partial charge < -0.3 is 19.5 Å². The summed E-state index contributed by atoms with van der Waals surface area (Å²) in [5.41, 5.74) is 4.36. The van der Waals surface area contributed by atoms with Crippen molar-refractivity contribution in [2.24, 2.45) is 5.92 Å². The molecule has 2 amide bonds. The fourth-order valence-electron chi connectivity index (χ4n) is 3.55. The summed E-state index contributed by atoms with van der Waals surface area (Å²) >= 11 is 1.71. The molecule has 7 heteroatoms. The molecule has 30 heavy (non-hydrogen) atoms. The van der Waals surface area contributed by atoms with Crippen molar-refractivity contribution in [3.8, 4) is 5.75 Å². The van der Waals surface area contributed by atoms with E-state index in [1.54, 1.807) is 11.3 Å². The molecule has 1 fully saturated rings. The molecule has 6 nitrogen and oxygen atoms in total. The van der Waals surface area contributed by atoms with Crippen molar-refractivity contribution in [2.45, 2.75) is 19.8 Å². The standard InChI is InChI=1S/C23H25N3O3S/c1-17-14-26(23(27)25-21-13-24-29-15-21)8-5-20(17)11-19-3-2-4-22(12-19)28-9-6-18-7-10-30-16-18/h2-4,7,10-13,15-17H,5-6,8-9,14H2,1H3,(H,25,27)/b20-11+. The zero-order chi connectivity index (χ0) is 20.8. The van der Waals surface area contributed by atoms with E-state index < -0.39 is 0 Å². The second-order valence-corrected chi connectivity index (χ2v) is 8.24. The fraction of sp³-hybridized carbons (Fsp3) is 0.304. The van der Waals surface area contributed by atoms with Crippen LogP contribution in [0.15, 0.2) is 63.6 Å². The highest BCUT2D eigenvalue weighted by molar-refractivity contribution is 7.07. The van der Waals surface area contributed by atoms with E-state index in [0.717, 1.165) is 24.2 Å². The van der Waals surface area contributed by atoms with Gasteiger partial charge in [0.05, 0.1) is 12.8 Å². The highest BCUT2D eigenvalue weighted by Gasteiger charge is 2.24. The third-order valence-corrected chi connectivity index (χ3v) is 5.95. The summed E-state index contributed by atoms with van der Waals surface area (Å²) in [6.07, 6.45) is 6.91. The Hall–Kier alpha value is -3.06. The van der Waals surface area contributed by atoms with Gasteiger partial charge in [-0.25, -0.2) is 4.79 Å². The monoisotopic (exact) mass is 423 g/mol. The summed E-state index contributed by atoms with van der Waals surface area (Å²) in [5.74, 6) is 1.17. The Morgan fingerprint density at radius 2 is 2.37 bits per heavy atom. The van der Waals surface area contributed by atoms with Crippen molar-refractivity contribution in [2.75, 3.05) is 25.0 Å². The lowest BCUT2D eigenvalue weighted by atomic mass is 9.91. The number of carbonyl (C=O) groups excluding carboxylic acids is 1. The zero-order valence-electron chi connectivity index (χ0n) is 16.9. The van der Waals surface area contributed by atoms with E-state index in [4.69, 9.17) is 9.26 Å². The van der Waals surface area contributed by atoms with E-state index in [1.807, 2.05) is 17.0 Å². The van der Waals surface area contributed by atoms with Crippen molar-refractivity contribution in [1.82, 2.24) is 10.1 Å². The summed E-state index contributed by atoms with van der Waals surface area (Å²) in [7, 11) is 0. The molecule has 1 atom stereocenters. The van der Waals surface area contributed by atoms with Crippen LogP contribution < -0.4 is 10.1 Å². The molecular formula is C23H25N3O3S. The van der Waals surface area contributed by atoms with Gasteiger partial charge in [-0.1, -0.05) is 35.9 Å². The van der Waals surface area contributed by atoms with Gasteiger partial charge in [-0.15, -0.1) is 0 Å². The van der Waals surface area contributed by atoms with Gasteiger partial charge >= 0.3 is 6.03 Å². The lowest BCUT2D eigenvalue weighted by Crippen LogP contribution is -2.42. The molecule has 0 aliphatic carbocycles. The number of hydrogen-bond donors (Lipinski definition) is 1. The van der Waals surface area contributed by atoms with Crippen molar-refractivity contribution in [3.63, 3.8) is 0 Å². The number of urea groups is 1. The van der Waals surface area contributed by atoms with Crippen LogP contribution in [0.25, 0.3) is 6.08 Å². The van der Waals surface area contributed by atoms with Gasteiger partial charge in [0.15, 0.2) is 0 Å². The largest absolute Gasteiger partial charge is 0.493 e. The number of rotatable bonds is 6. The number of anilines is 1. The highest BCUT2D eigenvalue weighted by atomic mass is 32.1. The Bertz CT molecular complexity index is 983. The number of benzene rings is 1. The Balaban J connectivity index is 1.32. The molecule has 0 saturated carbocycles. The number of aromatic nitrogens is 1. The molecule has 1 aromatic carbocycles. The minimum absolute atomic E-state index is 0.120. The lowest BCUT2D eigenvalue weighted by molar-refractivity contribution is 0.198. The molecule has 1 aliphatic rings. The minimum Gasteiger partial charge on any atom is -0.493 e. The molecule has 1 N–H and O–H groups in total. The second-order valence-electron chi connectivity index (χ2n) is 7.46.